The van der Waals surface area contributed by atoms with E-state index in [1.807, 2.05) is 0 Å². The Balaban J connectivity index is 1.49. The number of rotatable bonds is 6. The quantitative estimate of drug-likeness (QED) is 0.504. The minimum Gasteiger partial charge on any atom is -0.469 e. The number of hydrogen-bond acceptors (Lipinski definition) is 6. The molecule has 0 unspecified atom stereocenters. The van der Waals surface area contributed by atoms with E-state index in [0.717, 1.165) is 12.8 Å². The van der Waals surface area contributed by atoms with Gasteiger partial charge in [0.1, 0.15) is 0 Å². The molecule has 8 heteroatoms. The van der Waals surface area contributed by atoms with Gasteiger partial charge in [0.25, 0.3) is 0 Å². The van der Waals surface area contributed by atoms with E-state index in [4.69, 9.17) is 9.47 Å². The summed E-state index contributed by atoms with van der Waals surface area (Å²) in [5.41, 5.74) is 0. The van der Waals surface area contributed by atoms with Gasteiger partial charge in [0.2, 0.25) is 11.8 Å². The molecule has 0 aliphatic heterocycles. The van der Waals surface area contributed by atoms with Crippen molar-refractivity contribution in [2.45, 2.75) is 37.8 Å². The Kier molecular flexibility index (Phi) is 5.29. The van der Waals surface area contributed by atoms with Crippen molar-refractivity contribution in [3.63, 3.8) is 0 Å². The van der Waals surface area contributed by atoms with Gasteiger partial charge in [-0.3, -0.25) is 19.2 Å². The van der Waals surface area contributed by atoms with Crippen molar-refractivity contribution in [1.29, 1.82) is 0 Å². The molecule has 6 atom stereocenters. The molecule has 0 saturated heterocycles. The van der Waals surface area contributed by atoms with Crippen LogP contribution < -0.4 is 10.6 Å². The second-order valence-corrected chi connectivity index (χ2v) is 7.08. The third kappa shape index (κ3) is 3.32. The van der Waals surface area contributed by atoms with E-state index in [0.29, 0.717) is 12.8 Å². The smallest absolute Gasteiger partial charge is 0.310 e. The largest absolute Gasteiger partial charge is 0.469 e. The maximum atomic E-state index is 12.4. The normalized spacial score (nSPS) is 34.4. The molecule has 2 saturated carbocycles. The predicted octanol–water partition coefficient (Wildman–Crippen LogP) is -0.0758. The summed E-state index contributed by atoms with van der Waals surface area (Å²) >= 11 is 0. The van der Waals surface area contributed by atoms with Crippen molar-refractivity contribution < 1.29 is 28.7 Å². The summed E-state index contributed by atoms with van der Waals surface area (Å²) in [6.07, 6.45) is 6.20. The molecule has 142 valence electrons. The Morgan fingerprint density at radius 3 is 1.35 bits per heavy atom. The zero-order chi connectivity index (χ0) is 18.8. The highest BCUT2D eigenvalue weighted by Crippen LogP contribution is 2.33. The van der Waals surface area contributed by atoms with Crippen LogP contribution in [0.1, 0.15) is 25.7 Å². The highest BCUT2D eigenvalue weighted by Gasteiger charge is 2.44. The van der Waals surface area contributed by atoms with E-state index in [2.05, 4.69) is 10.6 Å². The zero-order valence-corrected chi connectivity index (χ0v) is 14.9. The summed E-state index contributed by atoms with van der Waals surface area (Å²) in [5.74, 6) is -2.88. The van der Waals surface area contributed by atoms with Gasteiger partial charge in [0, 0.05) is 12.1 Å². The lowest BCUT2D eigenvalue weighted by Crippen LogP contribution is -2.56. The highest BCUT2D eigenvalue weighted by molar-refractivity contribution is 5.93. The van der Waals surface area contributed by atoms with E-state index in [-0.39, 0.29) is 47.7 Å². The molecule has 0 aromatic carbocycles. The number of esters is 2. The average Bonchev–Trinajstić information content (AvgIpc) is 2.54. The molecule has 0 aromatic rings. The van der Waals surface area contributed by atoms with Crippen LogP contribution in [0.2, 0.25) is 0 Å². The van der Waals surface area contributed by atoms with Crippen molar-refractivity contribution in [1.82, 2.24) is 10.6 Å². The van der Waals surface area contributed by atoms with Gasteiger partial charge in [0.05, 0.1) is 37.9 Å². The fourth-order valence-electron chi connectivity index (χ4n) is 3.60. The van der Waals surface area contributed by atoms with Crippen molar-refractivity contribution in [3.05, 3.63) is 12.2 Å². The highest BCUT2D eigenvalue weighted by atomic mass is 16.5. The first kappa shape index (κ1) is 18.4. The molecule has 0 bridgehead atoms. The van der Waals surface area contributed by atoms with Crippen LogP contribution in [0.3, 0.4) is 0 Å². The van der Waals surface area contributed by atoms with Gasteiger partial charge in [-0.25, -0.2) is 0 Å². The van der Waals surface area contributed by atoms with Crippen molar-refractivity contribution in [3.8, 4) is 0 Å². The van der Waals surface area contributed by atoms with Crippen molar-refractivity contribution in [2.24, 2.45) is 23.7 Å². The van der Waals surface area contributed by atoms with Crippen LogP contribution >= 0.6 is 0 Å². The molecule has 0 heterocycles. The molecular formula is C18H24N2O6. The lowest BCUT2D eigenvalue weighted by atomic mass is 9.76. The molecular weight excluding hydrogens is 340 g/mol. The second kappa shape index (κ2) is 7.47. The van der Waals surface area contributed by atoms with Crippen LogP contribution in [-0.4, -0.2) is 50.1 Å². The summed E-state index contributed by atoms with van der Waals surface area (Å²) in [7, 11) is 2.66. The number of hydrogen-bond donors (Lipinski definition) is 2. The maximum absolute atomic E-state index is 12.4. The number of nitrogens with one attached hydrogen (secondary N) is 2. The van der Waals surface area contributed by atoms with Gasteiger partial charge in [0.15, 0.2) is 0 Å². The Bertz CT molecular complexity index is 592. The first-order chi connectivity index (χ1) is 12.5. The number of carbonyl (C=O) groups excluding carboxylic acids is 4. The molecule has 2 fully saturated rings. The summed E-state index contributed by atoms with van der Waals surface area (Å²) in [6.45, 7) is 0. The predicted molar refractivity (Wildman–Crippen MR) is 89.5 cm³/mol. The van der Waals surface area contributed by atoms with E-state index in [9.17, 15) is 19.2 Å². The summed E-state index contributed by atoms with van der Waals surface area (Å²) < 4.78 is 9.44. The Morgan fingerprint density at radius 2 is 1.12 bits per heavy atom. The van der Waals surface area contributed by atoms with Crippen LogP contribution in [0.4, 0.5) is 0 Å². The molecule has 0 aromatic heterocycles. The fraction of sp³-hybridized carbons (Fsp3) is 0.667. The van der Waals surface area contributed by atoms with Crippen LogP contribution in [-0.2, 0) is 28.7 Å². The standard InChI is InChI=1S/C18H24N2O6/c1-25-17(23)11-5-7-13(11)19-15(21)9-3-4-10(9)16(22)20-14-8-6-12(14)18(24)26-2/h3-4,9-14H,5-8H2,1-2H3,(H,19,21)(H,20,22)/t9-,10+,11-,12-,13+,14+/m1/s1. The van der Waals surface area contributed by atoms with Crippen LogP contribution in [0, 0.1) is 23.7 Å². The van der Waals surface area contributed by atoms with Gasteiger partial charge >= 0.3 is 11.9 Å². The molecule has 3 rings (SSSR count). The van der Waals surface area contributed by atoms with Gasteiger partial charge in [-0.2, -0.15) is 0 Å². The minimum atomic E-state index is -0.550. The van der Waals surface area contributed by atoms with Crippen LogP contribution in [0.5, 0.6) is 0 Å². The molecule has 2 amide bonds. The Morgan fingerprint density at radius 1 is 0.731 bits per heavy atom. The molecule has 0 radical (unpaired) electrons. The molecule has 3 aliphatic carbocycles. The number of methoxy groups -OCH3 is 2. The van der Waals surface area contributed by atoms with Crippen LogP contribution in [0.25, 0.3) is 0 Å². The number of ether oxygens (including phenoxy) is 2. The van der Waals surface area contributed by atoms with Crippen molar-refractivity contribution in [2.75, 3.05) is 14.2 Å². The van der Waals surface area contributed by atoms with Crippen molar-refractivity contribution >= 4 is 23.8 Å². The van der Waals surface area contributed by atoms with E-state index < -0.39 is 11.8 Å². The lowest BCUT2D eigenvalue weighted by Gasteiger charge is -2.39. The fourth-order valence-corrected chi connectivity index (χ4v) is 3.60. The minimum absolute atomic E-state index is 0.233. The number of amides is 2. The average molecular weight is 364 g/mol. The third-order valence-electron chi connectivity index (χ3n) is 5.73. The third-order valence-corrected chi connectivity index (χ3v) is 5.73. The van der Waals surface area contributed by atoms with Gasteiger partial charge in [-0.1, -0.05) is 12.2 Å². The van der Waals surface area contributed by atoms with Gasteiger partial charge < -0.3 is 20.1 Å². The van der Waals surface area contributed by atoms with E-state index in [1.165, 1.54) is 14.2 Å². The summed E-state index contributed by atoms with van der Waals surface area (Å²) in [5, 5.41) is 5.68. The van der Waals surface area contributed by atoms with E-state index >= 15 is 0 Å². The van der Waals surface area contributed by atoms with Crippen LogP contribution in [0.15, 0.2) is 12.2 Å². The second-order valence-electron chi connectivity index (χ2n) is 7.08. The number of carbonyl (C=O) groups is 4. The molecule has 2 N–H and O–H groups in total. The van der Waals surface area contributed by atoms with Gasteiger partial charge in [-0.15, -0.1) is 0 Å². The molecule has 8 nitrogen and oxygen atoms in total. The van der Waals surface area contributed by atoms with Gasteiger partial charge in [-0.05, 0) is 25.7 Å². The maximum Gasteiger partial charge on any atom is 0.310 e. The lowest BCUT2D eigenvalue weighted by molar-refractivity contribution is -0.152. The first-order valence-electron chi connectivity index (χ1n) is 8.91. The van der Waals surface area contributed by atoms with E-state index in [1.54, 1.807) is 12.2 Å². The zero-order valence-electron chi connectivity index (χ0n) is 14.9. The molecule has 26 heavy (non-hydrogen) atoms. The monoisotopic (exact) mass is 364 g/mol. The Hall–Kier alpha value is -2.38. The first-order valence-corrected chi connectivity index (χ1v) is 8.91. The topological polar surface area (TPSA) is 111 Å². The Labute approximate surface area is 151 Å². The molecule has 0 spiro atoms. The summed E-state index contributed by atoms with van der Waals surface area (Å²) in [4.78, 5) is 48.0. The SMILES string of the molecule is COC(=O)[C@@H]1CC[C@@H]1NC(=O)[C@H]1C=C[C@H]1C(=O)N[C@H]1CC[C@H]1C(=O)OC. The molecule has 3 aliphatic rings. The summed E-state index contributed by atoms with van der Waals surface area (Å²) in [6, 6.07) is -0.467.